The number of rotatable bonds is 4. The Labute approximate surface area is 81.7 Å². The third-order valence-corrected chi connectivity index (χ3v) is 2.63. The van der Waals surface area contributed by atoms with E-state index in [1.54, 1.807) is 0 Å². The van der Waals surface area contributed by atoms with Gasteiger partial charge in [-0.25, -0.2) is 0 Å². The first kappa shape index (κ1) is 11.8. The summed E-state index contributed by atoms with van der Waals surface area (Å²) in [6.45, 7) is 3.34. The lowest BCUT2D eigenvalue weighted by molar-refractivity contribution is -0.140. The van der Waals surface area contributed by atoms with E-state index in [9.17, 15) is 18.3 Å². The largest absolute Gasteiger partial charge is 0.389 e. The van der Waals surface area contributed by atoms with Crippen LogP contribution in [-0.4, -0.2) is 41.4 Å². The molecule has 0 aromatic carbocycles. The summed E-state index contributed by atoms with van der Waals surface area (Å²) < 4.78 is 35.3. The van der Waals surface area contributed by atoms with Crippen molar-refractivity contribution < 1.29 is 18.3 Å². The van der Waals surface area contributed by atoms with Crippen molar-refractivity contribution in [2.75, 3.05) is 19.6 Å². The van der Waals surface area contributed by atoms with Gasteiger partial charge in [-0.05, 0) is 19.4 Å². The first-order valence-electron chi connectivity index (χ1n) is 4.86. The van der Waals surface area contributed by atoms with E-state index in [0.717, 1.165) is 0 Å². The molecule has 0 saturated carbocycles. The lowest BCUT2D eigenvalue weighted by Crippen LogP contribution is -2.61. The van der Waals surface area contributed by atoms with Crippen LogP contribution >= 0.6 is 0 Å². The van der Waals surface area contributed by atoms with Crippen molar-refractivity contribution in [3.8, 4) is 0 Å². The summed E-state index contributed by atoms with van der Waals surface area (Å²) in [4.78, 5) is 1.86. The Balaban J connectivity index is 2.07. The Morgan fingerprint density at radius 1 is 1.36 bits per heavy atom. The molecule has 0 aromatic heterocycles. The van der Waals surface area contributed by atoms with Crippen molar-refractivity contribution in [3.05, 3.63) is 0 Å². The van der Waals surface area contributed by atoms with Crippen molar-refractivity contribution in [1.29, 1.82) is 0 Å². The first-order chi connectivity index (χ1) is 6.35. The van der Waals surface area contributed by atoms with Crippen LogP contribution in [0.4, 0.5) is 13.2 Å². The maximum absolute atomic E-state index is 11.8. The van der Waals surface area contributed by atoms with Crippen molar-refractivity contribution in [2.45, 2.75) is 38.0 Å². The minimum Gasteiger partial charge on any atom is -0.387 e. The van der Waals surface area contributed by atoms with Gasteiger partial charge in [-0.1, -0.05) is 6.92 Å². The normalized spacial score (nSPS) is 22.1. The standard InChI is InChI=1S/C9H16F3NO/c1-2-8(14)6-13(7-8)5-3-4-9(10,11)12/h14H,2-7H2,1H3. The SMILES string of the molecule is CCC1(O)CN(CCCC(F)(F)F)C1. The molecule has 0 spiro atoms. The molecule has 2 nitrogen and oxygen atoms in total. The molecule has 0 atom stereocenters. The fraction of sp³-hybridized carbons (Fsp3) is 1.00. The molecule has 0 amide bonds. The lowest BCUT2D eigenvalue weighted by atomic mass is 9.91. The highest BCUT2D eigenvalue weighted by Gasteiger charge is 2.39. The molecule has 0 unspecified atom stereocenters. The predicted octanol–water partition coefficient (Wildman–Crippen LogP) is 1.79. The quantitative estimate of drug-likeness (QED) is 0.766. The Morgan fingerprint density at radius 3 is 2.36 bits per heavy atom. The summed E-state index contributed by atoms with van der Waals surface area (Å²) in [5.74, 6) is 0. The highest BCUT2D eigenvalue weighted by Crippen LogP contribution is 2.26. The van der Waals surface area contributed by atoms with Crippen molar-refractivity contribution in [3.63, 3.8) is 0 Å². The monoisotopic (exact) mass is 211 g/mol. The topological polar surface area (TPSA) is 23.5 Å². The fourth-order valence-electron chi connectivity index (χ4n) is 1.67. The molecule has 1 saturated heterocycles. The molecule has 1 aliphatic rings. The molecule has 84 valence electrons. The molecule has 0 bridgehead atoms. The molecule has 1 aliphatic heterocycles. The molecule has 0 aliphatic carbocycles. The van der Waals surface area contributed by atoms with Gasteiger partial charge in [-0.2, -0.15) is 13.2 Å². The number of likely N-dealkylation sites (tertiary alicyclic amines) is 1. The molecule has 14 heavy (non-hydrogen) atoms. The van der Waals surface area contributed by atoms with E-state index in [2.05, 4.69) is 0 Å². The zero-order chi connectivity index (χ0) is 10.8. The second kappa shape index (κ2) is 4.06. The van der Waals surface area contributed by atoms with E-state index in [0.29, 0.717) is 26.1 Å². The molecule has 1 fully saturated rings. The average molecular weight is 211 g/mol. The van der Waals surface area contributed by atoms with Crippen LogP contribution in [0.25, 0.3) is 0 Å². The van der Waals surface area contributed by atoms with Crippen LogP contribution in [0.3, 0.4) is 0 Å². The number of nitrogens with zero attached hydrogens (tertiary/aromatic N) is 1. The van der Waals surface area contributed by atoms with Crippen molar-refractivity contribution >= 4 is 0 Å². The van der Waals surface area contributed by atoms with Gasteiger partial charge < -0.3 is 5.11 Å². The number of alkyl halides is 3. The number of aliphatic hydroxyl groups is 1. The summed E-state index contributed by atoms with van der Waals surface area (Å²) in [6.07, 6.45) is -3.98. The van der Waals surface area contributed by atoms with Gasteiger partial charge >= 0.3 is 6.18 Å². The Kier molecular flexibility index (Phi) is 3.42. The van der Waals surface area contributed by atoms with E-state index in [4.69, 9.17) is 0 Å². The Morgan fingerprint density at radius 2 is 1.93 bits per heavy atom. The summed E-state index contributed by atoms with van der Waals surface area (Å²) in [5.41, 5.74) is -0.641. The summed E-state index contributed by atoms with van der Waals surface area (Å²) in [7, 11) is 0. The average Bonchev–Trinajstić information content (AvgIpc) is 1.98. The van der Waals surface area contributed by atoms with Gasteiger partial charge in [0.05, 0.1) is 5.60 Å². The van der Waals surface area contributed by atoms with Gasteiger partial charge in [0.2, 0.25) is 0 Å². The summed E-state index contributed by atoms with van der Waals surface area (Å²) in [6, 6.07) is 0. The summed E-state index contributed by atoms with van der Waals surface area (Å²) >= 11 is 0. The van der Waals surface area contributed by atoms with Crippen LogP contribution in [0.2, 0.25) is 0 Å². The maximum atomic E-state index is 11.8. The molecule has 5 heteroatoms. The highest BCUT2D eigenvalue weighted by molar-refractivity contribution is 4.93. The third kappa shape index (κ3) is 3.46. The van der Waals surface area contributed by atoms with Crippen LogP contribution in [0, 0.1) is 0 Å². The van der Waals surface area contributed by atoms with Crippen molar-refractivity contribution in [1.82, 2.24) is 4.90 Å². The smallest absolute Gasteiger partial charge is 0.387 e. The minimum absolute atomic E-state index is 0.128. The second-order valence-corrected chi connectivity index (χ2v) is 4.01. The lowest BCUT2D eigenvalue weighted by Gasteiger charge is -2.46. The highest BCUT2D eigenvalue weighted by atomic mass is 19.4. The number of β-amino-alcohol motifs (C(OH)–C–C–N with tert-alkyl or cyclic N) is 1. The molecular formula is C9H16F3NO. The fourth-order valence-corrected chi connectivity index (χ4v) is 1.67. The van der Waals surface area contributed by atoms with Crippen LogP contribution < -0.4 is 0 Å². The van der Waals surface area contributed by atoms with Gasteiger partial charge in [-0.15, -0.1) is 0 Å². The third-order valence-electron chi connectivity index (χ3n) is 2.63. The van der Waals surface area contributed by atoms with Crippen LogP contribution in [-0.2, 0) is 0 Å². The van der Waals surface area contributed by atoms with Gasteiger partial charge in [0.15, 0.2) is 0 Å². The number of hydrogen-bond donors (Lipinski definition) is 1. The molecule has 1 N–H and O–H groups in total. The molecule has 0 radical (unpaired) electrons. The second-order valence-electron chi connectivity index (χ2n) is 4.01. The van der Waals surface area contributed by atoms with Gasteiger partial charge in [0.25, 0.3) is 0 Å². The first-order valence-corrected chi connectivity index (χ1v) is 4.86. The molecule has 1 rings (SSSR count). The molecular weight excluding hydrogens is 195 g/mol. The summed E-state index contributed by atoms with van der Waals surface area (Å²) in [5, 5.41) is 9.58. The molecule has 1 heterocycles. The zero-order valence-corrected chi connectivity index (χ0v) is 8.27. The van der Waals surface area contributed by atoms with Gasteiger partial charge in [0, 0.05) is 19.5 Å². The van der Waals surface area contributed by atoms with E-state index in [1.165, 1.54) is 0 Å². The van der Waals surface area contributed by atoms with E-state index in [-0.39, 0.29) is 6.42 Å². The zero-order valence-electron chi connectivity index (χ0n) is 8.27. The maximum Gasteiger partial charge on any atom is 0.389 e. The molecule has 0 aromatic rings. The number of hydrogen-bond acceptors (Lipinski definition) is 2. The van der Waals surface area contributed by atoms with Gasteiger partial charge in [0.1, 0.15) is 0 Å². The van der Waals surface area contributed by atoms with E-state index in [1.807, 2.05) is 11.8 Å². The van der Waals surface area contributed by atoms with Crippen LogP contribution in [0.1, 0.15) is 26.2 Å². The van der Waals surface area contributed by atoms with Crippen LogP contribution in [0.5, 0.6) is 0 Å². The Bertz CT molecular complexity index is 187. The number of halogens is 3. The van der Waals surface area contributed by atoms with Crippen LogP contribution in [0.15, 0.2) is 0 Å². The van der Waals surface area contributed by atoms with E-state index >= 15 is 0 Å². The van der Waals surface area contributed by atoms with Gasteiger partial charge in [-0.3, -0.25) is 4.90 Å². The predicted molar refractivity (Wildman–Crippen MR) is 47.0 cm³/mol. The Hall–Kier alpha value is -0.290. The minimum atomic E-state index is -4.05. The van der Waals surface area contributed by atoms with E-state index < -0.39 is 18.2 Å². The van der Waals surface area contributed by atoms with Crippen molar-refractivity contribution in [2.24, 2.45) is 0 Å².